The van der Waals surface area contributed by atoms with Gasteiger partial charge in [-0.3, -0.25) is 4.79 Å². The van der Waals surface area contributed by atoms with Gasteiger partial charge in [-0.25, -0.2) is 0 Å². The van der Waals surface area contributed by atoms with Gasteiger partial charge in [-0.05, 0) is 37.0 Å². The molecule has 0 aromatic heterocycles. The number of ketones is 1. The molecule has 0 saturated heterocycles. The number of nitrogens with zero attached hydrogens (tertiary/aromatic N) is 1. The summed E-state index contributed by atoms with van der Waals surface area (Å²) in [6, 6.07) is 8.43. The third-order valence-electron chi connectivity index (χ3n) is 3.60. The molecule has 2 nitrogen and oxygen atoms in total. The Morgan fingerprint density at radius 1 is 1.31 bits per heavy atom. The average molecular weight is 213 g/mol. The molecule has 1 fully saturated rings. The van der Waals surface area contributed by atoms with E-state index < -0.39 is 5.41 Å². The van der Waals surface area contributed by atoms with Crippen LogP contribution >= 0.6 is 0 Å². The first-order chi connectivity index (χ1) is 7.57. The fraction of sp³-hybridized carbons (Fsp3) is 0.429. The smallest absolute Gasteiger partial charge is 0.134 e. The van der Waals surface area contributed by atoms with Crippen molar-refractivity contribution in [1.29, 1.82) is 5.26 Å². The molecule has 1 aromatic carbocycles. The van der Waals surface area contributed by atoms with Gasteiger partial charge >= 0.3 is 0 Å². The van der Waals surface area contributed by atoms with Crippen molar-refractivity contribution in [3.8, 4) is 6.07 Å². The van der Waals surface area contributed by atoms with Gasteiger partial charge in [-0.2, -0.15) is 5.26 Å². The van der Waals surface area contributed by atoms with Crippen LogP contribution in [-0.4, -0.2) is 5.78 Å². The Balaban J connectivity index is 2.46. The van der Waals surface area contributed by atoms with Gasteiger partial charge in [0.05, 0.1) is 11.5 Å². The third kappa shape index (κ3) is 1.63. The van der Waals surface area contributed by atoms with Crippen molar-refractivity contribution in [2.75, 3.05) is 0 Å². The van der Waals surface area contributed by atoms with E-state index in [1.54, 1.807) is 0 Å². The lowest BCUT2D eigenvalue weighted by molar-refractivity contribution is -0.117. The van der Waals surface area contributed by atoms with Gasteiger partial charge in [0.15, 0.2) is 0 Å². The summed E-state index contributed by atoms with van der Waals surface area (Å²) in [5.41, 5.74) is 2.85. The first-order valence-corrected chi connectivity index (χ1v) is 5.58. The standard InChI is InChI=1S/C14H15NO/c1-10-3-4-12(7-11(10)2)14(9-15)6-5-13(16)8-14/h3-4,7H,5-6,8H2,1-2H3. The van der Waals surface area contributed by atoms with Gasteiger partial charge in [-0.1, -0.05) is 18.2 Å². The van der Waals surface area contributed by atoms with Crippen molar-refractivity contribution in [2.45, 2.75) is 38.5 Å². The molecule has 1 saturated carbocycles. The lowest BCUT2D eigenvalue weighted by atomic mass is 9.79. The summed E-state index contributed by atoms with van der Waals surface area (Å²) >= 11 is 0. The highest BCUT2D eigenvalue weighted by molar-refractivity contribution is 5.83. The number of carbonyl (C=O) groups excluding carboxylic acids is 1. The predicted octanol–water partition coefficient (Wildman–Crippen LogP) is 2.82. The van der Waals surface area contributed by atoms with Gasteiger partial charge in [0.2, 0.25) is 0 Å². The predicted molar refractivity (Wildman–Crippen MR) is 62.1 cm³/mol. The minimum absolute atomic E-state index is 0.208. The molecule has 1 unspecified atom stereocenters. The molecule has 16 heavy (non-hydrogen) atoms. The quantitative estimate of drug-likeness (QED) is 0.719. The molecule has 1 aliphatic rings. The molecule has 2 heteroatoms. The van der Waals surface area contributed by atoms with E-state index in [1.165, 1.54) is 11.1 Å². The topological polar surface area (TPSA) is 40.9 Å². The largest absolute Gasteiger partial charge is 0.300 e. The van der Waals surface area contributed by atoms with E-state index in [0.717, 1.165) is 5.56 Å². The van der Waals surface area contributed by atoms with E-state index in [0.29, 0.717) is 19.3 Å². The summed E-state index contributed by atoms with van der Waals surface area (Å²) in [5.74, 6) is 0.208. The zero-order valence-electron chi connectivity index (χ0n) is 9.71. The SMILES string of the molecule is Cc1ccc(C2(C#N)CCC(=O)C2)cc1C. The van der Waals surface area contributed by atoms with Gasteiger partial charge in [0.25, 0.3) is 0 Å². The van der Waals surface area contributed by atoms with E-state index in [4.69, 9.17) is 0 Å². The highest BCUT2D eigenvalue weighted by Gasteiger charge is 2.40. The molecule has 1 atom stereocenters. The lowest BCUT2D eigenvalue weighted by Crippen LogP contribution is -2.20. The van der Waals surface area contributed by atoms with Gasteiger partial charge in [0.1, 0.15) is 5.78 Å². The van der Waals surface area contributed by atoms with Crippen LogP contribution in [0.4, 0.5) is 0 Å². The molecule has 0 bridgehead atoms. The summed E-state index contributed by atoms with van der Waals surface area (Å²) in [7, 11) is 0. The number of aryl methyl sites for hydroxylation is 2. The molecule has 82 valence electrons. The highest BCUT2D eigenvalue weighted by Crippen LogP contribution is 2.39. The number of rotatable bonds is 1. The molecule has 0 heterocycles. The minimum atomic E-state index is -0.560. The minimum Gasteiger partial charge on any atom is -0.300 e. The molecule has 0 radical (unpaired) electrons. The van der Waals surface area contributed by atoms with Crippen molar-refractivity contribution >= 4 is 5.78 Å². The van der Waals surface area contributed by atoms with Gasteiger partial charge in [-0.15, -0.1) is 0 Å². The van der Waals surface area contributed by atoms with Crippen LogP contribution in [0.5, 0.6) is 0 Å². The van der Waals surface area contributed by atoms with Crippen LogP contribution in [0.15, 0.2) is 18.2 Å². The fourth-order valence-electron chi connectivity index (χ4n) is 2.31. The summed E-state index contributed by atoms with van der Waals surface area (Å²) in [6.07, 6.45) is 1.59. The summed E-state index contributed by atoms with van der Waals surface area (Å²) in [6.45, 7) is 4.10. The maximum absolute atomic E-state index is 11.4. The highest BCUT2D eigenvalue weighted by atomic mass is 16.1. The second-order valence-corrected chi connectivity index (χ2v) is 4.71. The monoisotopic (exact) mass is 213 g/mol. The van der Waals surface area contributed by atoms with Crippen LogP contribution in [0, 0.1) is 25.2 Å². The molecule has 2 rings (SSSR count). The lowest BCUT2D eigenvalue weighted by Gasteiger charge is -2.20. The fourth-order valence-corrected chi connectivity index (χ4v) is 2.31. The van der Waals surface area contributed by atoms with Crippen LogP contribution in [0.2, 0.25) is 0 Å². The van der Waals surface area contributed by atoms with Crippen molar-refractivity contribution in [3.63, 3.8) is 0 Å². The zero-order valence-corrected chi connectivity index (χ0v) is 9.71. The van der Waals surface area contributed by atoms with Crippen LogP contribution in [-0.2, 0) is 10.2 Å². The molecule has 1 aromatic rings. The first-order valence-electron chi connectivity index (χ1n) is 5.58. The Bertz CT molecular complexity index is 484. The number of benzene rings is 1. The van der Waals surface area contributed by atoms with Crippen molar-refractivity contribution in [3.05, 3.63) is 34.9 Å². The van der Waals surface area contributed by atoms with Gasteiger partial charge < -0.3 is 0 Å². The van der Waals surface area contributed by atoms with Crippen molar-refractivity contribution in [1.82, 2.24) is 0 Å². The van der Waals surface area contributed by atoms with E-state index in [9.17, 15) is 10.1 Å². The Morgan fingerprint density at radius 2 is 2.06 bits per heavy atom. The van der Waals surface area contributed by atoms with Crippen LogP contribution in [0.25, 0.3) is 0 Å². The van der Waals surface area contributed by atoms with Crippen molar-refractivity contribution in [2.24, 2.45) is 0 Å². The average Bonchev–Trinajstić information content (AvgIpc) is 2.65. The molecular weight excluding hydrogens is 198 g/mol. The normalized spacial score (nSPS) is 24.4. The molecule has 0 N–H and O–H groups in total. The summed E-state index contributed by atoms with van der Waals surface area (Å²) in [5, 5.41) is 9.35. The summed E-state index contributed by atoms with van der Waals surface area (Å²) < 4.78 is 0. The number of Topliss-reactive ketones (excluding diaryl/α,β-unsaturated/α-hetero) is 1. The van der Waals surface area contributed by atoms with E-state index >= 15 is 0 Å². The Morgan fingerprint density at radius 3 is 2.56 bits per heavy atom. The number of hydrogen-bond acceptors (Lipinski definition) is 2. The number of nitriles is 1. The molecule has 1 aliphatic carbocycles. The maximum atomic E-state index is 11.4. The first kappa shape index (κ1) is 10.9. The van der Waals surface area contributed by atoms with E-state index in [-0.39, 0.29) is 5.78 Å². The summed E-state index contributed by atoms with van der Waals surface area (Å²) in [4.78, 5) is 11.4. The van der Waals surface area contributed by atoms with E-state index in [1.807, 2.05) is 19.1 Å². The molecule has 0 aliphatic heterocycles. The maximum Gasteiger partial charge on any atom is 0.134 e. The van der Waals surface area contributed by atoms with Crippen LogP contribution < -0.4 is 0 Å². The van der Waals surface area contributed by atoms with E-state index in [2.05, 4.69) is 19.1 Å². The molecule has 0 spiro atoms. The Labute approximate surface area is 95.9 Å². The van der Waals surface area contributed by atoms with Crippen molar-refractivity contribution < 1.29 is 4.79 Å². The van der Waals surface area contributed by atoms with Crippen LogP contribution in [0.3, 0.4) is 0 Å². The van der Waals surface area contributed by atoms with Gasteiger partial charge in [0, 0.05) is 12.8 Å². The molecular formula is C14H15NO. The number of carbonyl (C=O) groups is 1. The number of hydrogen-bond donors (Lipinski definition) is 0. The molecule has 0 amide bonds. The second kappa shape index (κ2) is 3.75. The Hall–Kier alpha value is -1.62. The third-order valence-corrected chi connectivity index (χ3v) is 3.60. The zero-order chi connectivity index (χ0) is 11.8. The second-order valence-electron chi connectivity index (χ2n) is 4.71. The Kier molecular flexibility index (Phi) is 2.55. The van der Waals surface area contributed by atoms with Crippen LogP contribution in [0.1, 0.15) is 36.0 Å².